The second-order valence-electron chi connectivity index (χ2n) is 7.76. The van der Waals surface area contributed by atoms with Crippen molar-refractivity contribution in [2.45, 2.75) is 19.0 Å². The van der Waals surface area contributed by atoms with Crippen LogP contribution in [0.2, 0.25) is 0 Å². The van der Waals surface area contributed by atoms with Gasteiger partial charge in [-0.3, -0.25) is 14.7 Å². The van der Waals surface area contributed by atoms with E-state index in [0.29, 0.717) is 32.3 Å². The SMILES string of the molecule is CCOC(=O)C1=C(CN2CC[S+]([O-])CC2C(=O)O)NC(c2nccs2)=N[C@H]1c1ccc(F)cc1Br. The predicted molar refractivity (Wildman–Crippen MR) is 133 cm³/mol. The lowest BCUT2D eigenvalue weighted by atomic mass is 9.95. The van der Waals surface area contributed by atoms with Crippen molar-refractivity contribution in [3.05, 3.63) is 61.9 Å². The maximum absolute atomic E-state index is 13.8. The fourth-order valence-electron chi connectivity index (χ4n) is 3.93. The van der Waals surface area contributed by atoms with E-state index in [-0.39, 0.29) is 31.0 Å². The Labute approximate surface area is 216 Å². The number of carboxylic acid groups (broad SMARTS) is 1. The molecule has 3 heterocycles. The van der Waals surface area contributed by atoms with Crippen LogP contribution in [0.1, 0.15) is 23.5 Å². The van der Waals surface area contributed by atoms with Crippen molar-refractivity contribution in [3.8, 4) is 0 Å². The second-order valence-corrected chi connectivity index (χ2v) is 11.1. The first-order valence-corrected chi connectivity index (χ1v) is 13.9. The monoisotopic (exact) mass is 584 g/mol. The number of amidine groups is 1. The van der Waals surface area contributed by atoms with Crippen LogP contribution in [-0.4, -0.2) is 74.6 Å². The first kappa shape index (κ1) is 25.8. The molecule has 9 nitrogen and oxygen atoms in total. The number of hydrogen-bond acceptors (Lipinski definition) is 9. The zero-order chi connectivity index (χ0) is 25.1. The highest BCUT2D eigenvalue weighted by molar-refractivity contribution is 9.10. The molecule has 2 unspecified atom stereocenters. The van der Waals surface area contributed by atoms with E-state index in [4.69, 9.17) is 9.73 Å². The van der Waals surface area contributed by atoms with Gasteiger partial charge in [-0.2, -0.15) is 0 Å². The van der Waals surface area contributed by atoms with E-state index >= 15 is 0 Å². The summed E-state index contributed by atoms with van der Waals surface area (Å²) in [6.07, 6.45) is 1.62. The molecule has 1 aromatic heterocycles. The minimum Gasteiger partial charge on any atom is -0.616 e. The van der Waals surface area contributed by atoms with Gasteiger partial charge < -0.3 is 19.7 Å². The van der Waals surface area contributed by atoms with E-state index in [1.54, 1.807) is 29.5 Å². The van der Waals surface area contributed by atoms with Gasteiger partial charge in [0.05, 0.1) is 12.2 Å². The Hall–Kier alpha value is -2.32. The molecule has 3 atom stereocenters. The number of aliphatic imine (C=N–C) groups is 1. The number of aliphatic carboxylic acids is 1. The third-order valence-electron chi connectivity index (χ3n) is 5.55. The minimum atomic E-state index is -1.24. The van der Waals surface area contributed by atoms with Gasteiger partial charge in [0.25, 0.3) is 0 Å². The maximum Gasteiger partial charge on any atom is 0.338 e. The summed E-state index contributed by atoms with van der Waals surface area (Å²) in [5, 5.41) is 15.3. The Morgan fingerprint density at radius 2 is 2.26 bits per heavy atom. The molecule has 0 radical (unpaired) electrons. The normalized spacial score (nSPS) is 23.0. The van der Waals surface area contributed by atoms with Crippen molar-refractivity contribution in [2.24, 2.45) is 4.99 Å². The molecule has 4 rings (SSSR count). The van der Waals surface area contributed by atoms with Crippen LogP contribution in [0.4, 0.5) is 4.39 Å². The van der Waals surface area contributed by atoms with Crippen LogP contribution in [0.5, 0.6) is 0 Å². The van der Waals surface area contributed by atoms with E-state index in [1.165, 1.54) is 23.5 Å². The highest BCUT2D eigenvalue weighted by Gasteiger charge is 2.39. The average molecular weight is 585 g/mol. The van der Waals surface area contributed by atoms with Crippen LogP contribution in [0.15, 0.2) is 50.5 Å². The number of carbonyl (C=O) groups is 2. The van der Waals surface area contributed by atoms with Crippen LogP contribution in [0.3, 0.4) is 0 Å². The first-order chi connectivity index (χ1) is 16.8. The van der Waals surface area contributed by atoms with Crippen molar-refractivity contribution < 1.29 is 28.4 Å². The highest BCUT2D eigenvalue weighted by Crippen LogP contribution is 2.37. The summed E-state index contributed by atoms with van der Waals surface area (Å²) in [5.41, 5.74) is 1.14. The maximum atomic E-state index is 13.8. The number of esters is 1. The predicted octanol–water partition coefficient (Wildman–Crippen LogP) is 2.47. The van der Waals surface area contributed by atoms with Crippen LogP contribution in [0, 0.1) is 5.82 Å². The summed E-state index contributed by atoms with van der Waals surface area (Å²) in [5.74, 6) is -1.43. The van der Waals surface area contributed by atoms with E-state index in [1.807, 2.05) is 0 Å². The lowest BCUT2D eigenvalue weighted by Crippen LogP contribution is -2.54. The largest absolute Gasteiger partial charge is 0.616 e. The van der Waals surface area contributed by atoms with Crippen LogP contribution < -0.4 is 5.32 Å². The molecule has 0 saturated carbocycles. The highest BCUT2D eigenvalue weighted by atomic mass is 79.9. The second kappa shape index (κ2) is 11.2. The Bertz CT molecular complexity index is 1180. The molecule has 2 aliphatic rings. The van der Waals surface area contributed by atoms with Crippen LogP contribution in [0.25, 0.3) is 0 Å². The molecule has 0 aliphatic carbocycles. The number of aromatic nitrogens is 1. The third kappa shape index (κ3) is 5.75. The summed E-state index contributed by atoms with van der Waals surface area (Å²) in [4.78, 5) is 35.8. The topological polar surface area (TPSA) is 127 Å². The number of rotatable bonds is 7. The van der Waals surface area contributed by atoms with Crippen LogP contribution >= 0.6 is 27.3 Å². The summed E-state index contributed by atoms with van der Waals surface area (Å²) < 4.78 is 31.7. The van der Waals surface area contributed by atoms with E-state index in [2.05, 4.69) is 26.2 Å². The quantitative estimate of drug-likeness (QED) is 0.375. The van der Waals surface area contributed by atoms with Gasteiger partial charge in [-0.25, -0.2) is 14.2 Å². The van der Waals surface area contributed by atoms with Gasteiger partial charge in [0, 0.05) is 34.8 Å². The van der Waals surface area contributed by atoms with Crippen molar-refractivity contribution in [1.29, 1.82) is 0 Å². The number of hydrogen-bond donors (Lipinski definition) is 2. The van der Waals surface area contributed by atoms with Gasteiger partial charge >= 0.3 is 11.9 Å². The fraction of sp³-hybridized carbons (Fsp3) is 0.364. The molecule has 35 heavy (non-hydrogen) atoms. The number of carbonyl (C=O) groups excluding carboxylic acids is 1. The van der Waals surface area contributed by atoms with Gasteiger partial charge in [0.1, 0.15) is 23.4 Å². The fourth-order valence-corrected chi connectivity index (χ4v) is 6.39. The molecule has 13 heteroatoms. The Morgan fingerprint density at radius 3 is 2.91 bits per heavy atom. The molecule has 186 valence electrons. The molecule has 0 bridgehead atoms. The Kier molecular flexibility index (Phi) is 8.22. The molecule has 1 saturated heterocycles. The number of ether oxygens (including phenoxy) is 1. The number of nitrogens with one attached hydrogen (secondary N) is 1. The first-order valence-electron chi connectivity index (χ1n) is 10.7. The average Bonchev–Trinajstić information content (AvgIpc) is 3.35. The smallest absolute Gasteiger partial charge is 0.338 e. The van der Waals surface area contributed by atoms with E-state index < -0.39 is 41.0 Å². The molecule has 0 spiro atoms. The lowest BCUT2D eigenvalue weighted by Gasteiger charge is -2.36. The Balaban J connectivity index is 1.82. The molecular weight excluding hydrogens is 563 g/mol. The van der Waals surface area contributed by atoms with Gasteiger partial charge in [-0.15, -0.1) is 11.3 Å². The number of carboxylic acids is 1. The standard InChI is InChI=1S/C22H22BrFN4O5S2/c1-2-33-22(31)17-15(10-28-6-8-35(32)11-16(28)21(29)30)26-19(20-25-5-7-34-20)27-18(17)13-4-3-12(24)9-14(13)23/h3-5,7,9,16,18H,2,6,8,10-11H2,1H3,(H,26,27)(H,29,30)/t16?,18-,35?/m0/s1. The summed E-state index contributed by atoms with van der Waals surface area (Å²) in [7, 11) is 0. The molecule has 2 aliphatic heterocycles. The molecule has 0 amide bonds. The van der Waals surface area contributed by atoms with Crippen molar-refractivity contribution in [3.63, 3.8) is 0 Å². The number of halogens is 2. The number of benzene rings is 1. The molecular formula is C22H22BrFN4O5S2. The van der Waals surface area contributed by atoms with E-state index in [9.17, 15) is 23.6 Å². The molecule has 2 N–H and O–H groups in total. The molecule has 1 fully saturated rings. The lowest BCUT2D eigenvalue weighted by molar-refractivity contribution is -0.142. The van der Waals surface area contributed by atoms with E-state index in [0.717, 1.165) is 0 Å². The van der Waals surface area contributed by atoms with Crippen molar-refractivity contribution in [1.82, 2.24) is 15.2 Å². The molecule has 1 aromatic carbocycles. The van der Waals surface area contributed by atoms with Gasteiger partial charge in [-0.1, -0.05) is 33.2 Å². The zero-order valence-electron chi connectivity index (χ0n) is 18.6. The number of thiazole rings is 1. The third-order valence-corrected chi connectivity index (χ3v) is 8.34. The van der Waals surface area contributed by atoms with Gasteiger partial charge in [0.2, 0.25) is 0 Å². The van der Waals surface area contributed by atoms with Crippen LogP contribution in [-0.2, 0) is 25.5 Å². The summed E-state index contributed by atoms with van der Waals surface area (Å²) in [6.45, 7) is 2.14. The van der Waals surface area contributed by atoms with Gasteiger partial charge in [0.15, 0.2) is 16.9 Å². The summed E-state index contributed by atoms with van der Waals surface area (Å²) >= 11 is 3.49. The Morgan fingerprint density at radius 1 is 1.46 bits per heavy atom. The van der Waals surface area contributed by atoms with Crippen molar-refractivity contribution >= 4 is 56.2 Å². The summed E-state index contributed by atoms with van der Waals surface area (Å²) in [6, 6.07) is 2.28. The zero-order valence-corrected chi connectivity index (χ0v) is 21.8. The molecule has 2 aromatic rings. The van der Waals surface area contributed by atoms with Crippen molar-refractivity contribution in [2.75, 3.05) is 31.2 Å². The van der Waals surface area contributed by atoms with Gasteiger partial charge in [-0.05, 0) is 24.6 Å². The minimum absolute atomic E-state index is 0.00226. The number of nitrogens with zero attached hydrogens (tertiary/aromatic N) is 3.